The summed E-state index contributed by atoms with van der Waals surface area (Å²) in [7, 11) is -3.60. The highest BCUT2D eigenvalue weighted by molar-refractivity contribution is 7.90. The molecular weight excluding hydrogens is 509 g/mol. The SMILES string of the molecule is CS(=O)(=O)c1ccccc1-c1ccc(NC(=O)C2CC(=O)CN2C(=O)Nc2ccc(Cl)cc2)cc1F. The molecule has 1 atom stereocenters. The van der Waals surface area contributed by atoms with E-state index in [1.165, 1.54) is 24.3 Å². The number of nitrogens with zero attached hydrogens (tertiary/aromatic N) is 1. The molecule has 0 aliphatic carbocycles. The van der Waals surface area contributed by atoms with Crippen molar-refractivity contribution in [2.24, 2.45) is 0 Å². The number of sulfone groups is 1. The highest BCUT2D eigenvalue weighted by atomic mass is 35.5. The molecule has 1 unspecified atom stereocenters. The van der Waals surface area contributed by atoms with Gasteiger partial charge in [-0.05, 0) is 48.5 Å². The zero-order valence-corrected chi connectivity index (χ0v) is 20.6. The van der Waals surface area contributed by atoms with Gasteiger partial charge < -0.3 is 15.5 Å². The summed E-state index contributed by atoms with van der Waals surface area (Å²) in [4.78, 5) is 38.8. The quantitative estimate of drug-likeness (QED) is 0.510. The predicted molar refractivity (Wildman–Crippen MR) is 134 cm³/mol. The van der Waals surface area contributed by atoms with Crippen LogP contribution in [0.25, 0.3) is 11.1 Å². The number of amides is 3. The van der Waals surface area contributed by atoms with E-state index in [1.54, 1.807) is 36.4 Å². The first-order valence-electron chi connectivity index (χ1n) is 10.8. The van der Waals surface area contributed by atoms with Crippen molar-refractivity contribution in [3.05, 3.63) is 77.6 Å². The number of carbonyl (C=O) groups is 3. The second-order valence-electron chi connectivity index (χ2n) is 8.28. The van der Waals surface area contributed by atoms with Crippen LogP contribution in [0.5, 0.6) is 0 Å². The van der Waals surface area contributed by atoms with Gasteiger partial charge in [-0.15, -0.1) is 0 Å². The number of likely N-dealkylation sites (tertiary alicyclic amines) is 1. The van der Waals surface area contributed by atoms with Crippen molar-refractivity contribution in [2.45, 2.75) is 17.4 Å². The van der Waals surface area contributed by atoms with Crippen LogP contribution < -0.4 is 10.6 Å². The molecule has 0 aromatic heterocycles. The number of ketones is 1. The first-order chi connectivity index (χ1) is 17.0. The Morgan fingerprint density at radius 2 is 1.64 bits per heavy atom. The lowest BCUT2D eigenvalue weighted by molar-refractivity contribution is -0.121. The van der Waals surface area contributed by atoms with E-state index in [1.807, 2.05) is 0 Å². The Morgan fingerprint density at radius 1 is 0.972 bits per heavy atom. The van der Waals surface area contributed by atoms with Crippen molar-refractivity contribution in [2.75, 3.05) is 23.4 Å². The number of rotatable bonds is 5. The van der Waals surface area contributed by atoms with Crippen molar-refractivity contribution in [1.29, 1.82) is 0 Å². The third-order valence-electron chi connectivity index (χ3n) is 5.62. The lowest BCUT2D eigenvalue weighted by Gasteiger charge is -2.23. The number of halogens is 2. The fraction of sp³-hybridized carbons (Fsp3) is 0.160. The number of urea groups is 1. The Bertz CT molecular complexity index is 1460. The van der Waals surface area contributed by atoms with Gasteiger partial charge in [0.05, 0.1) is 11.4 Å². The van der Waals surface area contributed by atoms with E-state index in [2.05, 4.69) is 10.6 Å². The topological polar surface area (TPSA) is 113 Å². The minimum absolute atomic E-state index is 0.0208. The van der Waals surface area contributed by atoms with E-state index in [4.69, 9.17) is 11.6 Å². The first-order valence-corrected chi connectivity index (χ1v) is 13.0. The number of hydrogen-bond donors (Lipinski definition) is 2. The predicted octanol–water partition coefficient (Wildman–Crippen LogP) is 4.36. The van der Waals surface area contributed by atoms with Crippen LogP contribution in [0.1, 0.15) is 6.42 Å². The van der Waals surface area contributed by atoms with Crippen molar-refractivity contribution < 1.29 is 27.2 Å². The fourth-order valence-electron chi connectivity index (χ4n) is 3.92. The van der Waals surface area contributed by atoms with Crippen LogP contribution in [0.15, 0.2) is 71.6 Å². The maximum absolute atomic E-state index is 15.0. The van der Waals surface area contributed by atoms with Crippen LogP contribution in [-0.2, 0) is 19.4 Å². The monoisotopic (exact) mass is 529 g/mol. The number of carbonyl (C=O) groups excluding carboxylic acids is 3. The van der Waals surface area contributed by atoms with Gasteiger partial charge in [-0.3, -0.25) is 9.59 Å². The van der Waals surface area contributed by atoms with Crippen LogP contribution in [-0.4, -0.2) is 49.9 Å². The Morgan fingerprint density at radius 3 is 2.31 bits per heavy atom. The molecule has 2 N–H and O–H groups in total. The summed E-state index contributed by atoms with van der Waals surface area (Å²) in [6.07, 6.45) is 0.859. The average molecular weight is 530 g/mol. The molecule has 0 radical (unpaired) electrons. The minimum atomic E-state index is -3.60. The third-order valence-corrected chi connectivity index (χ3v) is 7.02. The molecule has 1 aliphatic rings. The number of Topliss-reactive ketones (excluding diaryl/α,β-unsaturated/α-hetero) is 1. The highest BCUT2D eigenvalue weighted by Crippen LogP contribution is 2.31. The molecule has 0 saturated carbocycles. The smallest absolute Gasteiger partial charge is 0.322 e. The van der Waals surface area contributed by atoms with Gasteiger partial charge in [0.25, 0.3) is 0 Å². The van der Waals surface area contributed by atoms with Crippen LogP contribution >= 0.6 is 11.6 Å². The minimum Gasteiger partial charge on any atom is -0.324 e. The molecule has 1 aliphatic heterocycles. The molecule has 36 heavy (non-hydrogen) atoms. The number of hydrogen-bond acceptors (Lipinski definition) is 5. The third kappa shape index (κ3) is 5.55. The van der Waals surface area contributed by atoms with Crippen LogP contribution in [0.2, 0.25) is 5.02 Å². The summed E-state index contributed by atoms with van der Waals surface area (Å²) in [6, 6.07) is 14.5. The van der Waals surface area contributed by atoms with E-state index in [0.29, 0.717) is 10.7 Å². The lowest BCUT2D eigenvalue weighted by atomic mass is 10.0. The van der Waals surface area contributed by atoms with Gasteiger partial charge in [-0.25, -0.2) is 17.6 Å². The fourth-order valence-corrected chi connectivity index (χ4v) is 4.95. The van der Waals surface area contributed by atoms with Crippen LogP contribution in [0.4, 0.5) is 20.6 Å². The summed E-state index contributed by atoms with van der Waals surface area (Å²) in [5.41, 5.74) is 0.779. The number of anilines is 2. The second-order valence-corrected chi connectivity index (χ2v) is 10.7. The van der Waals surface area contributed by atoms with Gasteiger partial charge in [0.2, 0.25) is 5.91 Å². The molecule has 186 valence electrons. The van der Waals surface area contributed by atoms with E-state index >= 15 is 0 Å². The summed E-state index contributed by atoms with van der Waals surface area (Å²) in [5.74, 6) is -1.69. The maximum Gasteiger partial charge on any atom is 0.322 e. The van der Waals surface area contributed by atoms with Gasteiger partial charge in [0.1, 0.15) is 11.9 Å². The summed E-state index contributed by atoms with van der Waals surface area (Å²) in [6.45, 7) is -0.243. The largest absolute Gasteiger partial charge is 0.324 e. The van der Waals surface area contributed by atoms with E-state index < -0.39 is 33.6 Å². The molecule has 0 spiro atoms. The summed E-state index contributed by atoms with van der Waals surface area (Å²) >= 11 is 5.85. The molecular formula is C25H21ClFN3O5S. The summed E-state index contributed by atoms with van der Waals surface area (Å²) in [5, 5.41) is 5.64. The Balaban J connectivity index is 1.51. The van der Waals surface area contributed by atoms with Gasteiger partial charge in [0.15, 0.2) is 15.6 Å². The Kier molecular flexibility index (Phi) is 7.09. The summed E-state index contributed by atoms with van der Waals surface area (Å²) < 4.78 is 39.2. The van der Waals surface area contributed by atoms with Crippen molar-refractivity contribution in [3.63, 3.8) is 0 Å². The molecule has 11 heteroatoms. The molecule has 1 saturated heterocycles. The number of benzene rings is 3. The number of nitrogens with one attached hydrogen (secondary N) is 2. The van der Waals surface area contributed by atoms with Crippen molar-refractivity contribution >= 4 is 50.5 Å². The molecule has 1 heterocycles. The average Bonchev–Trinajstić information content (AvgIpc) is 3.22. The molecule has 3 aromatic carbocycles. The Labute approximate surface area is 212 Å². The van der Waals surface area contributed by atoms with Crippen molar-refractivity contribution in [1.82, 2.24) is 4.90 Å². The molecule has 3 amide bonds. The molecule has 8 nitrogen and oxygen atoms in total. The standard InChI is InChI=1S/C25H21ClFN3O5S/c1-36(34,35)23-5-3-2-4-20(23)19-11-10-17(12-21(19)27)28-24(32)22-13-18(31)14-30(22)25(33)29-16-8-6-15(26)7-9-16/h2-12,22H,13-14H2,1H3,(H,28,32)(H,29,33). The van der Waals surface area contributed by atoms with Crippen molar-refractivity contribution in [3.8, 4) is 11.1 Å². The first kappa shape index (κ1) is 25.3. The van der Waals surface area contributed by atoms with Gasteiger partial charge >= 0.3 is 6.03 Å². The maximum atomic E-state index is 15.0. The Hall–Kier alpha value is -3.76. The zero-order valence-electron chi connectivity index (χ0n) is 19.0. The van der Waals surface area contributed by atoms with Crippen LogP contribution in [0, 0.1) is 5.82 Å². The zero-order chi connectivity index (χ0) is 26.0. The molecule has 0 bridgehead atoms. The highest BCUT2D eigenvalue weighted by Gasteiger charge is 2.39. The molecule has 3 aromatic rings. The van der Waals surface area contributed by atoms with E-state index in [9.17, 15) is 27.2 Å². The molecule has 4 rings (SSSR count). The van der Waals surface area contributed by atoms with Gasteiger partial charge in [0, 0.05) is 40.2 Å². The van der Waals surface area contributed by atoms with Gasteiger partial charge in [-0.1, -0.05) is 29.8 Å². The van der Waals surface area contributed by atoms with E-state index in [0.717, 1.165) is 17.2 Å². The van der Waals surface area contributed by atoms with Gasteiger partial charge in [-0.2, -0.15) is 0 Å². The second kappa shape index (κ2) is 10.1. The normalized spacial score (nSPS) is 15.6. The van der Waals surface area contributed by atoms with Crippen LogP contribution in [0.3, 0.4) is 0 Å². The van der Waals surface area contributed by atoms with E-state index in [-0.39, 0.29) is 40.5 Å². The lowest BCUT2D eigenvalue weighted by Crippen LogP contribution is -2.45. The molecule has 1 fully saturated rings.